The Morgan fingerprint density at radius 1 is 1.08 bits per heavy atom. The molecule has 3 heterocycles. The molecule has 1 saturated heterocycles. The van der Waals surface area contributed by atoms with Crippen molar-refractivity contribution in [1.82, 2.24) is 15.3 Å². The lowest BCUT2D eigenvalue weighted by molar-refractivity contribution is 0.287. The zero-order valence-electron chi connectivity index (χ0n) is 20.2. The van der Waals surface area contributed by atoms with Gasteiger partial charge in [-0.3, -0.25) is 0 Å². The molecule has 0 aliphatic carbocycles. The molecule has 36 heavy (non-hydrogen) atoms. The van der Waals surface area contributed by atoms with Crippen molar-refractivity contribution in [1.29, 1.82) is 5.26 Å². The van der Waals surface area contributed by atoms with Gasteiger partial charge in [-0.05, 0) is 44.2 Å². The summed E-state index contributed by atoms with van der Waals surface area (Å²) >= 11 is 0. The van der Waals surface area contributed by atoms with Crippen LogP contribution in [-0.2, 0) is 0 Å². The second-order valence-electron chi connectivity index (χ2n) is 9.04. The van der Waals surface area contributed by atoms with Gasteiger partial charge in [-0.2, -0.15) is 5.26 Å². The summed E-state index contributed by atoms with van der Waals surface area (Å²) < 4.78 is 35.3. The molecular formula is C26H27F2N7O. The monoisotopic (exact) mass is 491 g/mol. The predicted octanol–water partition coefficient (Wildman–Crippen LogP) is 4.05. The molecule has 0 bridgehead atoms. The SMILES string of the molecule is CC(C)N1CCOc2c(F)cc(-c3nc(Nc4ccc(N5CCNCC5)c(C#N)c4)ncc3F)cc21. The lowest BCUT2D eigenvalue weighted by Gasteiger charge is -2.34. The van der Waals surface area contributed by atoms with Gasteiger partial charge in [0.2, 0.25) is 5.95 Å². The third-order valence-electron chi connectivity index (χ3n) is 6.38. The van der Waals surface area contributed by atoms with Crippen LogP contribution in [0.25, 0.3) is 11.3 Å². The lowest BCUT2D eigenvalue weighted by atomic mass is 10.1. The molecule has 3 aromatic rings. The number of hydrogen-bond acceptors (Lipinski definition) is 8. The van der Waals surface area contributed by atoms with Gasteiger partial charge in [0.1, 0.15) is 18.4 Å². The minimum absolute atomic E-state index is 0.0265. The van der Waals surface area contributed by atoms with Crippen LogP contribution in [0.2, 0.25) is 0 Å². The van der Waals surface area contributed by atoms with Crippen LogP contribution in [0, 0.1) is 23.0 Å². The summed E-state index contributed by atoms with van der Waals surface area (Å²) in [6.07, 6.45) is 1.05. The van der Waals surface area contributed by atoms with Crippen molar-refractivity contribution in [2.24, 2.45) is 0 Å². The van der Waals surface area contributed by atoms with E-state index in [-0.39, 0.29) is 29.0 Å². The molecule has 1 aromatic heterocycles. The average molecular weight is 492 g/mol. The molecule has 2 aliphatic rings. The smallest absolute Gasteiger partial charge is 0.227 e. The molecule has 2 N–H and O–H groups in total. The highest BCUT2D eigenvalue weighted by Gasteiger charge is 2.26. The Hall–Kier alpha value is -3.97. The number of nitrogens with zero attached hydrogens (tertiary/aromatic N) is 5. The Morgan fingerprint density at radius 2 is 1.89 bits per heavy atom. The number of fused-ring (bicyclic) bond motifs is 1. The van der Waals surface area contributed by atoms with E-state index in [2.05, 4.69) is 31.6 Å². The van der Waals surface area contributed by atoms with Crippen molar-refractivity contribution in [2.45, 2.75) is 19.9 Å². The summed E-state index contributed by atoms with van der Waals surface area (Å²) in [7, 11) is 0. The third kappa shape index (κ3) is 4.62. The van der Waals surface area contributed by atoms with Crippen molar-refractivity contribution < 1.29 is 13.5 Å². The second kappa shape index (κ2) is 9.95. The van der Waals surface area contributed by atoms with E-state index < -0.39 is 11.6 Å². The van der Waals surface area contributed by atoms with Crippen LogP contribution in [-0.4, -0.2) is 55.3 Å². The van der Waals surface area contributed by atoms with Crippen LogP contribution in [0.5, 0.6) is 5.75 Å². The van der Waals surface area contributed by atoms with Crippen molar-refractivity contribution >= 4 is 23.0 Å². The molecule has 0 atom stereocenters. The van der Waals surface area contributed by atoms with Crippen LogP contribution in [0.4, 0.5) is 31.8 Å². The summed E-state index contributed by atoms with van der Waals surface area (Å²) in [5.74, 6) is -0.928. The number of benzene rings is 2. The van der Waals surface area contributed by atoms with Crippen molar-refractivity contribution in [3.05, 3.63) is 53.7 Å². The fraction of sp³-hybridized carbons (Fsp3) is 0.346. The number of nitrogens with one attached hydrogen (secondary N) is 2. The van der Waals surface area contributed by atoms with E-state index >= 15 is 0 Å². The molecule has 0 radical (unpaired) electrons. The van der Waals surface area contributed by atoms with Crippen molar-refractivity contribution in [3.8, 4) is 23.1 Å². The summed E-state index contributed by atoms with van der Waals surface area (Å²) in [6.45, 7) is 8.38. The highest BCUT2D eigenvalue weighted by molar-refractivity contribution is 5.73. The van der Waals surface area contributed by atoms with Gasteiger partial charge >= 0.3 is 0 Å². The van der Waals surface area contributed by atoms with Gasteiger partial charge in [-0.1, -0.05) is 0 Å². The summed E-state index contributed by atoms with van der Waals surface area (Å²) in [5, 5.41) is 16.1. The summed E-state index contributed by atoms with van der Waals surface area (Å²) in [5.41, 5.74) is 2.82. The molecule has 0 saturated carbocycles. The van der Waals surface area contributed by atoms with Crippen LogP contribution in [0.1, 0.15) is 19.4 Å². The van der Waals surface area contributed by atoms with E-state index in [9.17, 15) is 14.0 Å². The van der Waals surface area contributed by atoms with Gasteiger partial charge < -0.3 is 25.2 Å². The molecule has 0 spiro atoms. The molecule has 0 unspecified atom stereocenters. The van der Waals surface area contributed by atoms with Gasteiger partial charge in [0, 0.05) is 43.5 Å². The van der Waals surface area contributed by atoms with Gasteiger partial charge in [0.15, 0.2) is 17.4 Å². The lowest BCUT2D eigenvalue weighted by Crippen LogP contribution is -2.43. The topological polar surface area (TPSA) is 89.3 Å². The Kier molecular flexibility index (Phi) is 6.57. The zero-order valence-corrected chi connectivity index (χ0v) is 20.2. The standard InChI is InChI=1S/C26H27F2N7O/c1-16(2)35-9-10-36-25-20(27)12-17(13-23(25)35)24-21(28)15-31-26(33-24)32-19-3-4-22(18(11-19)14-29)34-7-5-30-6-8-34/h3-4,11-13,15-16,30H,5-10H2,1-2H3,(H,31,32,33). The molecule has 1 fully saturated rings. The van der Waals surface area contributed by atoms with Gasteiger partial charge in [-0.25, -0.2) is 18.7 Å². The minimum atomic E-state index is -0.667. The summed E-state index contributed by atoms with van der Waals surface area (Å²) in [6, 6.07) is 10.7. The predicted molar refractivity (Wildman–Crippen MR) is 135 cm³/mol. The molecule has 10 heteroatoms. The molecule has 5 rings (SSSR count). The number of halogens is 2. The first kappa shape index (κ1) is 23.8. The van der Waals surface area contributed by atoms with Gasteiger partial charge in [0.05, 0.1) is 29.7 Å². The first-order chi connectivity index (χ1) is 17.4. The van der Waals surface area contributed by atoms with Crippen LogP contribution in [0.3, 0.4) is 0 Å². The van der Waals surface area contributed by atoms with Gasteiger partial charge in [0.25, 0.3) is 0 Å². The molecule has 2 aromatic carbocycles. The number of aromatic nitrogens is 2. The summed E-state index contributed by atoms with van der Waals surface area (Å²) in [4.78, 5) is 12.6. The highest BCUT2D eigenvalue weighted by Crippen LogP contribution is 2.39. The van der Waals surface area contributed by atoms with Crippen molar-refractivity contribution in [3.63, 3.8) is 0 Å². The number of hydrogen-bond donors (Lipinski definition) is 2. The number of nitriles is 1. The first-order valence-corrected chi connectivity index (χ1v) is 12.0. The maximum Gasteiger partial charge on any atom is 0.227 e. The fourth-order valence-corrected chi connectivity index (χ4v) is 4.62. The van der Waals surface area contributed by atoms with Crippen LogP contribution >= 0.6 is 0 Å². The molecule has 8 nitrogen and oxygen atoms in total. The number of rotatable bonds is 5. The zero-order chi connectivity index (χ0) is 25.2. The Labute approximate surface area is 208 Å². The number of ether oxygens (including phenoxy) is 1. The first-order valence-electron chi connectivity index (χ1n) is 12.0. The fourth-order valence-electron chi connectivity index (χ4n) is 4.62. The number of piperazine rings is 1. The maximum atomic E-state index is 14.9. The molecular weight excluding hydrogens is 464 g/mol. The Balaban J connectivity index is 1.45. The minimum Gasteiger partial charge on any atom is -0.486 e. The van der Waals surface area contributed by atoms with E-state index in [1.807, 2.05) is 30.9 Å². The van der Waals surface area contributed by atoms with E-state index in [0.29, 0.717) is 30.1 Å². The van der Waals surface area contributed by atoms with E-state index in [0.717, 1.165) is 38.1 Å². The number of anilines is 4. The average Bonchev–Trinajstić information content (AvgIpc) is 2.89. The Morgan fingerprint density at radius 3 is 2.64 bits per heavy atom. The largest absolute Gasteiger partial charge is 0.486 e. The maximum absolute atomic E-state index is 14.9. The quantitative estimate of drug-likeness (QED) is 0.553. The normalized spacial score (nSPS) is 15.3. The molecule has 0 amide bonds. The van der Waals surface area contributed by atoms with E-state index in [1.165, 1.54) is 6.07 Å². The van der Waals surface area contributed by atoms with Crippen LogP contribution in [0.15, 0.2) is 36.5 Å². The van der Waals surface area contributed by atoms with Crippen molar-refractivity contribution in [2.75, 3.05) is 54.4 Å². The molecule has 2 aliphatic heterocycles. The third-order valence-corrected chi connectivity index (χ3v) is 6.38. The van der Waals surface area contributed by atoms with E-state index in [4.69, 9.17) is 4.74 Å². The van der Waals surface area contributed by atoms with Gasteiger partial charge in [-0.15, -0.1) is 0 Å². The van der Waals surface area contributed by atoms with Crippen LogP contribution < -0.4 is 25.2 Å². The van der Waals surface area contributed by atoms with E-state index in [1.54, 1.807) is 12.1 Å². The highest BCUT2D eigenvalue weighted by atomic mass is 19.1. The Bertz CT molecular complexity index is 1320. The molecule has 186 valence electrons. The second-order valence-corrected chi connectivity index (χ2v) is 9.04.